The van der Waals surface area contributed by atoms with Crippen LogP contribution in [0.3, 0.4) is 0 Å². The van der Waals surface area contributed by atoms with Crippen LogP contribution >= 0.6 is 23.4 Å². The van der Waals surface area contributed by atoms with Crippen LogP contribution in [-0.2, 0) is 6.54 Å². The standard InChI is InChI=1S/C13H22ClN3S/c1-5-10(9-18-4)17(3)13-7-6-11(14)12(16-13)8-15-2/h6-7,10,15H,5,8-9H2,1-4H3. The molecule has 0 aliphatic rings. The van der Waals surface area contributed by atoms with E-state index in [0.717, 1.165) is 28.7 Å². The highest BCUT2D eigenvalue weighted by molar-refractivity contribution is 7.98. The van der Waals surface area contributed by atoms with Crippen molar-refractivity contribution >= 4 is 29.2 Å². The molecular formula is C13H22ClN3S. The Hall–Kier alpha value is -0.450. The molecule has 5 heteroatoms. The average molecular weight is 288 g/mol. The van der Waals surface area contributed by atoms with E-state index in [4.69, 9.17) is 11.6 Å². The number of nitrogens with zero attached hydrogens (tertiary/aromatic N) is 2. The molecule has 0 radical (unpaired) electrons. The molecular weight excluding hydrogens is 266 g/mol. The van der Waals surface area contributed by atoms with Crippen LogP contribution in [0.2, 0.25) is 5.02 Å². The van der Waals surface area contributed by atoms with Crippen LogP contribution in [0.4, 0.5) is 5.82 Å². The zero-order valence-corrected chi connectivity index (χ0v) is 13.1. The van der Waals surface area contributed by atoms with E-state index in [1.54, 1.807) is 0 Å². The predicted octanol–water partition coefficient (Wildman–Crippen LogP) is 3.03. The van der Waals surface area contributed by atoms with E-state index in [1.807, 2.05) is 30.9 Å². The van der Waals surface area contributed by atoms with Gasteiger partial charge in [0.05, 0.1) is 10.7 Å². The molecule has 1 aromatic rings. The van der Waals surface area contributed by atoms with E-state index < -0.39 is 0 Å². The molecule has 0 saturated heterocycles. The van der Waals surface area contributed by atoms with Gasteiger partial charge in [0.1, 0.15) is 5.82 Å². The van der Waals surface area contributed by atoms with Crippen molar-refractivity contribution in [3.8, 4) is 0 Å². The summed E-state index contributed by atoms with van der Waals surface area (Å²) in [6.45, 7) is 2.90. The Balaban J connectivity index is 2.90. The predicted molar refractivity (Wildman–Crippen MR) is 82.9 cm³/mol. The van der Waals surface area contributed by atoms with Crippen molar-refractivity contribution in [2.24, 2.45) is 0 Å². The van der Waals surface area contributed by atoms with Gasteiger partial charge in [-0.25, -0.2) is 4.98 Å². The Morgan fingerprint density at radius 3 is 2.78 bits per heavy atom. The quantitative estimate of drug-likeness (QED) is 0.834. The van der Waals surface area contributed by atoms with Gasteiger partial charge in [0.15, 0.2) is 0 Å². The minimum Gasteiger partial charge on any atom is -0.356 e. The molecule has 1 atom stereocenters. The number of halogens is 1. The molecule has 18 heavy (non-hydrogen) atoms. The molecule has 0 saturated carbocycles. The van der Waals surface area contributed by atoms with Gasteiger partial charge in [-0.2, -0.15) is 11.8 Å². The first kappa shape index (κ1) is 15.6. The highest BCUT2D eigenvalue weighted by atomic mass is 35.5. The third-order valence-electron chi connectivity index (χ3n) is 2.99. The lowest BCUT2D eigenvalue weighted by Crippen LogP contribution is -2.34. The second kappa shape index (κ2) is 7.87. The summed E-state index contributed by atoms with van der Waals surface area (Å²) in [4.78, 5) is 6.88. The summed E-state index contributed by atoms with van der Waals surface area (Å²) in [5.74, 6) is 2.10. The summed E-state index contributed by atoms with van der Waals surface area (Å²) in [5.41, 5.74) is 0.905. The highest BCUT2D eigenvalue weighted by Gasteiger charge is 2.15. The lowest BCUT2D eigenvalue weighted by Gasteiger charge is -2.28. The number of hydrogen-bond acceptors (Lipinski definition) is 4. The molecule has 0 bridgehead atoms. The number of anilines is 1. The minimum atomic E-state index is 0.510. The summed E-state index contributed by atoms with van der Waals surface area (Å²) >= 11 is 8.00. The highest BCUT2D eigenvalue weighted by Crippen LogP contribution is 2.21. The normalized spacial score (nSPS) is 12.5. The van der Waals surface area contributed by atoms with Gasteiger partial charge in [-0.1, -0.05) is 18.5 Å². The molecule has 1 aromatic heterocycles. The topological polar surface area (TPSA) is 28.2 Å². The van der Waals surface area contributed by atoms with Gasteiger partial charge in [0.25, 0.3) is 0 Å². The lowest BCUT2D eigenvalue weighted by molar-refractivity contribution is 0.662. The second-order valence-electron chi connectivity index (χ2n) is 4.26. The average Bonchev–Trinajstić information content (AvgIpc) is 2.38. The summed E-state index contributed by atoms with van der Waals surface area (Å²) in [6.07, 6.45) is 3.25. The van der Waals surface area contributed by atoms with E-state index >= 15 is 0 Å². The summed E-state index contributed by atoms with van der Waals surface area (Å²) < 4.78 is 0. The van der Waals surface area contributed by atoms with Gasteiger partial charge >= 0.3 is 0 Å². The first-order valence-electron chi connectivity index (χ1n) is 6.15. The monoisotopic (exact) mass is 287 g/mol. The Bertz CT molecular complexity index is 373. The Morgan fingerprint density at radius 1 is 1.50 bits per heavy atom. The van der Waals surface area contributed by atoms with Crippen LogP contribution < -0.4 is 10.2 Å². The zero-order valence-electron chi connectivity index (χ0n) is 11.5. The van der Waals surface area contributed by atoms with E-state index in [1.165, 1.54) is 0 Å². The van der Waals surface area contributed by atoms with Gasteiger partial charge in [0, 0.05) is 25.4 Å². The smallest absolute Gasteiger partial charge is 0.128 e. The van der Waals surface area contributed by atoms with Crippen LogP contribution in [0.5, 0.6) is 0 Å². The number of pyridine rings is 1. The number of rotatable bonds is 7. The fourth-order valence-electron chi connectivity index (χ4n) is 1.84. The maximum absolute atomic E-state index is 6.13. The van der Waals surface area contributed by atoms with Crippen LogP contribution in [0, 0.1) is 0 Å². The summed E-state index contributed by atoms with van der Waals surface area (Å²) in [5, 5.41) is 3.81. The lowest BCUT2D eigenvalue weighted by atomic mass is 10.2. The maximum Gasteiger partial charge on any atom is 0.128 e. The molecule has 0 amide bonds. The molecule has 1 rings (SSSR count). The molecule has 0 spiro atoms. The molecule has 3 nitrogen and oxygen atoms in total. The van der Waals surface area contributed by atoms with Crippen LogP contribution in [-0.4, -0.2) is 37.1 Å². The van der Waals surface area contributed by atoms with Gasteiger partial charge in [-0.05, 0) is 31.9 Å². The second-order valence-corrected chi connectivity index (χ2v) is 5.57. The van der Waals surface area contributed by atoms with E-state index in [9.17, 15) is 0 Å². The van der Waals surface area contributed by atoms with Gasteiger partial charge in [-0.15, -0.1) is 0 Å². The van der Waals surface area contributed by atoms with Crippen LogP contribution in [0.15, 0.2) is 12.1 Å². The van der Waals surface area contributed by atoms with Crippen molar-refractivity contribution in [2.45, 2.75) is 25.9 Å². The van der Waals surface area contributed by atoms with Crippen molar-refractivity contribution in [2.75, 3.05) is 31.0 Å². The molecule has 1 unspecified atom stereocenters. The van der Waals surface area contributed by atoms with Gasteiger partial charge in [0.2, 0.25) is 0 Å². The Morgan fingerprint density at radius 2 is 2.22 bits per heavy atom. The van der Waals surface area contributed by atoms with Crippen LogP contribution in [0.25, 0.3) is 0 Å². The summed E-state index contributed by atoms with van der Waals surface area (Å²) in [7, 11) is 4.00. The molecule has 0 fully saturated rings. The molecule has 0 aromatic carbocycles. The van der Waals surface area contributed by atoms with E-state index in [2.05, 4.69) is 35.4 Å². The fourth-order valence-corrected chi connectivity index (χ4v) is 2.86. The fraction of sp³-hybridized carbons (Fsp3) is 0.615. The van der Waals surface area contributed by atoms with Crippen molar-refractivity contribution < 1.29 is 0 Å². The molecule has 1 N–H and O–H groups in total. The zero-order chi connectivity index (χ0) is 13.5. The molecule has 1 heterocycles. The minimum absolute atomic E-state index is 0.510. The van der Waals surface area contributed by atoms with E-state index in [0.29, 0.717) is 12.6 Å². The number of thioether (sulfide) groups is 1. The number of aromatic nitrogens is 1. The third kappa shape index (κ3) is 4.04. The van der Waals surface area contributed by atoms with Crippen molar-refractivity contribution in [3.63, 3.8) is 0 Å². The Labute approximate surface area is 119 Å². The van der Waals surface area contributed by atoms with Gasteiger partial charge < -0.3 is 10.2 Å². The molecule has 102 valence electrons. The SMILES string of the molecule is CCC(CSC)N(C)c1ccc(Cl)c(CNC)n1. The molecule has 0 aliphatic carbocycles. The Kier molecular flexibility index (Phi) is 6.82. The number of nitrogens with one attached hydrogen (secondary N) is 1. The first-order valence-corrected chi connectivity index (χ1v) is 7.93. The largest absolute Gasteiger partial charge is 0.356 e. The van der Waals surface area contributed by atoms with Crippen LogP contribution in [0.1, 0.15) is 19.0 Å². The third-order valence-corrected chi connectivity index (χ3v) is 4.05. The van der Waals surface area contributed by atoms with Gasteiger partial charge in [-0.3, -0.25) is 0 Å². The number of hydrogen-bond donors (Lipinski definition) is 1. The molecule has 0 aliphatic heterocycles. The van der Waals surface area contributed by atoms with Crippen molar-refractivity contribution in [1.82, 2.24) is 10.3 Å². The maximum atomic E-state index is 6.13. The first-order chi connectivity index (χ1) is 8.63. The van der Waals surface area contributed by atoms with Crippen molar-refractivity contribution in [1.29, 1.82) is 0 Å². The summed E-state index contributed by atoms with van der Waals surface area (Å²) in [6, 6.07) is 4.43. The van der Waals surface area contributed by atoms with E-state index in [-0.39, 0.29) is 0 Å². The van der Waals surface area contributed by atoms with Crippen molar-refractivity contribution in [3.05, 3.63) is 22.8 Å².